The normalized spacial score (nSPS) is 11.3. The van der Waals surface area contributed by atoms with E-state index in [9.17, 15) is 0 Å². The monoisotopic (exact) mass is 229 g/mol. The molecular formula is C12H8ClNSi. The van der Waals surface area contributed by atoms with Crippen molar-refractivity contribution in [3.8, 4) is 0 Å². The first-order valence-electron chi connectivity index (χ1n) is 4.76. The van der Waals surface area contributed by atoms with Crippen molar-refractivity contribution in [2.24, 2.45) is 0 Å². The Hall–Kier alpha value is -1.25. The van der Waals surface area contributed by atoms with Gasteiger partial charge in [-0.3, -0.25) is 0 Å². The van der Waals surface area contributed by atoms with Crippen LogP contribution in [0.25, 0.3) is 21.8 Å². The first kappa shape index (κ1) is 9.01. The minimum absolute atomic E-state index is 0.251. The van der Waals surface area contributed by atoms with Crippen LogP contribution in [0.15, 0.2) is 48.5 Å². The van der Waals surface area contributed by atoms with Crippen LogP contribution in [0.4, 0.5) is 0 Å². The second-order valence-corrected chi connectivity index (χ2v) is 4.58. The van der Waals surface area contributed by atoms with E-state index >= 15 is 0 Å². The molecule has 0 bridgehead atoms. The summed E-state index contributed by atoms with van der Waals surface area (Å²) in [4.78, 5) is 0. The van der Waals surface area contributed by atoms with E-state index < -0.39 is 0 Å². The third kappa shape index (κ3) is 1.22. The molecule has 0 spiro atoms. The van der Waals surface area contributed by atoms with Crippen molar-refractivity contribution in [3.63, 3.8) is 0 Å². The Labute approximate surface area is 94.9 Å². The molecule has 0 amide bonds. The summed E-state index contributed by atoms with van der Waals surface area (Å²) in [5.74, 6) is 0. The summed E-state index contributed by atoms with van der Waals surface area (Å²) < 4.78 is 2.16. The van der Waals surface area contributed by atoms with Crippen LogP contribution in [0.5, 0.6) is 0 Å². The molecule has 3 rings (SSSR count). The Morgan fingerprint density at radius 1 is 0.800 bits per heavy atom. The number of hydrogen-bond acceptors (Lipinski definition) is 0. The van der Waals surface area contributed by atoms with Crippen LogP contribution in [0.3, 0.4) is 0 Å². The lowest BCUT2D eigenvalue weighted by molar-refractivity contribution is 1.38. The van der Waals surface area contributed by atoms with E-state index in [1.165, 1.54) is 21.8 Å². The lowest BCUT2D eigenvalue weighted by Crippen LogP contribution is -1.97. The van der Waals surface area contributed by atoms with Crippen LogP contribution in [0, 0.1) is 0 Å². The van der Waals surface area contributed by atoms with E-state index in [0.29, 0.717) is 0 Å². The standard InChI is InChI=1S/C12H8ClNSi/c13-15-14-11-7-3-1-5-9(11)10-6-2-4-8-12(10)14/h1-8H. The van der Waals surface area contributed by atoms with E-state index in [1.807, 2.05) is 0 Å². The van der Waals surface area contributed by atoms with Crippen LogP contribution in [-0.2, 0) is 0 Å². The van der Waals surface area contributed by atoms with Gasteiger partial charge in [-0.15, -0.1) is 11.1 Å². The average molecular weight is 230 g/mol. The zero-order valence-electron chi connectivity index (χ0n) is 7.94. The number of rotatable bonds is 1. The zero-order chi connectivity index (χ0) is 10.3. The van der Waals surface area contributed by atoms with Crippen LogP contribution < -0.4 is 0 Å². The van der Waals surface area contributed by atoms with Gasteiger partial charge in [0, 0.05) is 21.8 Å². The Kier molecular flexibility index (Phi) is 2.04. The Balaban J connectivity index is 2.62. The second-order valence-electron chi connectivity index (χ2n) is 3.45. The maximum atomic E-state index is 6.02. The highest BCUT2D eigenvalue weighted by Gasteiger charge is 2.08. The molecule has 15 heavy (non-hydrogen) atoms. The summed E-state index contributed by atoms with van der Waals surface area (Å²) in [6.45, 7) is 0. The Bertz CT molecular complexity index is 576. The third-order valence-corrected chi connectivity index (χ3v) is 3.82. The maximum Gasteiger partial charge on any atom is 0.316 e. The lowest BCUT2D eigenvalue weighted by atomic mass is 10.2. The highest BCUT2D eigenvalue weighted by Crippen LogP contribution is 2.27. The summed E-state index contributed by atoms with van der Waals surface area (Å²) in [5.41, 5.74) is 2.43. The fraction of sp³-hybridized carbons (Fsp3) is 0. The molecule has 0 fully saturated rings. The largest absolute Gasteiger partial charge is 0.354 e. The van der Waals surface area contributed by atoms with Crippen molar-refractivity contribution >= 4 is 41.9 Å². The molecule has 0 aliphatic rings. The number of hydrogen-bond donors (Lipinski definition) is 0. The predicted molar refractivity (Wildman–Crippen MR) is 66.4 cm³/mol. The van der Waals surface area contributed by atoms with E-state index in [4.69, 9.17) is 11.1 Å². The van der Waals surface area contributed by atoms with Crippen LogP contribution >= 0.6 is 11.1 Å². The number of aromatic nitrogens is 1. The van der Waals surface area contributed by atoms with E-state index in [1.54, 1.807) is 0 Å². The molecule has 1 heterocycles. The Morgan fingerprint density at radius 3 is 1.73 bits per heavy atom. The number of para-hydroxylation sites is 2. The van der Waals surface area contributed by atoms with Crippen molar-refractivity contribution in [1.29, 1.82) is 0 Å². The molecule has 2 radical (unpaired) electrons. The molecular weight excluding hydrogens is 222 g/mol. The minimum atomic E-state index is 0.251. The van der Waals surface area contributed by atoms with Gasteiger partial charge in [-0.05, 0) is 12.1 Å². The molecule has 0 N–H and O–H groups in total. The third-order valence-electron chi connectivity index (χ3n) is 2.66. The van der Waals surface area contributed by atoms with Crippen molar-refractivity contribution in [2.45, 2.75) is 0 Å². The molecule has 3 heteroatoms. The van der Waals surface area contributed by atoms with Gasteiger partial charge >= 0.3 is 8.99 Å². The number of halogens is 1. The number of nitrogens with zero attached hydrogens (tertiary/aromatic N) is 1. The number of fused-ring (bicyclic) bond motifs is 3. The van der Waals surface area contributed by atoms with Crippen molar-refractivity contribution in [2.75, 3.05) is 0 Å². The van der Waals surface area contributed by atoms with Gasteiger partial charge in [0.15, 0.2) is 0 Å². The zero-order valence-corrected chi connectivity index (χ0v) is 9.70. The molecule has 0 unspecified atom stereocenters. The van der Waals surface area contributed by atoms with Gasteiger partial charge in [-0.1, -0.05) is 36.4 Å². The summed E-state index contributed by atoms with van der Waals surface area (Å²) >= 11 is 6.02. The molecule has 1 nitrogen and oxygen atoms in total. The fourth-order valence-electron chi connectivity index (χ4n) is 2.01. The summed E-state index contributed by atoms with van der Waals surface area (Å²) in [6, 6.07) is 16.8. The Morgan fingerprint density at radius 2 is 1.27 bits per heavy atom. The molecule has 1 aromatic heterocycles. The van der Waals surface area contributed by atoms with Gasteiger partial charge in [-0.2, -0.15) is 0 Å². The predicted octanol–water partition coefficient (Wildman–Crippen LogP) is 3.42. The van der Waals surface area contributed by atoms with E-state index in [0.717, 1.165) is 0 Å². The maximum absolute atomic E-state index is 6.02. The van der Waals surface area contributed by atoms with Crippen molar-refractivity contribution < 1.29 is 0 Å². The van der Waals surface area contributed by atoms with E-state index in [2.05, 4.69) is 52.8 Å². The molecule has 0 aliphatic carbocycles. The second kappa shape index (κ2) is 3.40. The fourth-order valence-corrected chi connectivity index (χ4v) is 3.13. The van der Waals surface area contributed by atoms with Gasteiger partial charge in [0.1, 0.15) is 0 Å². The van der Waals surface area contributed by atoms with Crippen LogP contribution in [0.2, 0.25) is 0 Å². The van der Waals surface area contributed by atoms with Gasteiger partial charge in [-0.25, -0.2) is 0 Å². The molecule has 2 aromatic carbocycles. The summed E-state index contributed by atoms with van der Waals surface area (Å²) in [5, 5.41) is 2.56. The van der Waals surface area contributed by atoms with Crippen molar-refractivity contribution in [1.82, 2.24) is 4.23 Å². The van der Waals surface area contributed by atoms with Gasteiger partial charge in [0.05, 0.1) is 0 Å². The molecule has 0 atom stereocenters. The quantitative estimate of drug-likeness (QED) is 0.445. The number of benzene rings is 2. The lowest BCUT2D eigenvalue weighted by Gasteiger charge is -1.98. The highest BCUT2D eigenvalue weighted by molar-refractivity contribution is 6.93. The smallest absolute Gasteiger partial charge is 0.316 e. The first-order chi connectivity index (χ1) is 7.42. The van der Waals surface area contributed by atoms with Gasteiger partial charge in [0.2, 0.25) is 0 Å². The molecule has 0 saturated heterocycles. The van der Waals surface area contributed by atoms with Crippen LogP contribution in [-0.4, -0.2) is 13.2 Å². The molecule has 72 valence electrons. The minimum Gasteiger partial charge on any atom is -0.354 e. The van der Waals surface area contributed by atoms with Crippen molar-refractivity contribution in [3.05, 3.63) is 48.5 Å². The topological polar surface area (TPSA) is 4.93 Å². The summed E-state index contributed by atoms with van der Waals surface area (Å²) in [6.07, 6.45) is 0. The molecule has 3 aromatic rings. The summed E-state index contributed by atoms with van der Waals surface area (Å²) in [7, 11) is 0.251. The van der Waals surface area contributed by atoms with Gasteiger partial charge < -0.3 is 4.23 Å². The van der Waals surface area contributed by atoms with Gasteiger partial charge in [0.25, 0.3) is 0 Å². The highest BCUT2D eigenvalue weighted by atomic mass is 35.6. The van der Waals surface area contributed by atoms with Crippen LogP contribution in [0.1, 0.15) is 0 Å². The SMILES string of the molecule is Cl[Si]n1c2ccccc2c2ccccc21. The average Bonchev–Trinajstić information content (AvgIpc) is 2.63. The van der Waals surface area contributed by atoms with E-state index in [-0.39, 0.29) is 8.99 Å². The molecule has 0 aliphatic heterocycles. The first-order valence-corrected chi connectivity index (χ1v) is 6.72. The molecule has 0 saturated carbocycles.